The van der Waals surface area contributed by atoms with Gasteiger partial charge >= 0.3 is 5.97 Å². The Morgan fingerprint density at radius 3 is 2.29 bits per heavy atom. The summed E-state index contributed by atoms with van der Waals surface area (Å²) in [5.74, 6) is 0.337. The molecule has 0 saturated carbocycles. The first-order chi connectivity index (χ1) is 8.07. The van der Waals surface area contributed by atoms with Gasteiger partial charge in [-0.25, -0.2) is 4.79 Å². The van der Waals surface area contributed by atoms with Crippen molar-refractivity contribution in [3.8, 4) is 0 Å². The predicted molar refractivity (Wildman–Crippen MR) is 69.8 cm³/mol. The number of carbonyl (C=O) groups is 1. The summed E-state index contributed by atoms with van der Waals surface area (Å²) in [7, 11) is 0. The standard InChI is InChI=1S/C14H28O3/c1-4-12(2)10-8-6-5-7-9-11-17-14(16)13(3)15/h12-13,15H,4-11H2,1-3H3/t12-,13?/m0/s1. The Morgan fingerprint density at radius 2 is 1.71 bits per heavy atom. The molecular formula is C14H28O3. The van der Waals surface area contributed by atoms with Crippen LogP contribution in [0.4, 0.5) is 0 Å². The summed E-state index contributed by atoms with van der Waals surface area (Å²) >= 11 is 0. The first-order valence-corrected chi connectivity index (χ1v) is 6.92. The third-order valence-corrected chi connectivity index (χ3v) is 3.12. The van der Waals surface area contributed by atoms with Crippen LogP contribution in [-0.4, -0.2) is 23.8 Å². The minimum absolute atomic E-state index is 0.440. The average molecular weight is 244 g/mol. The highest BCUT2D eigenvalue weighted by Gasteiger charge is 2.08. The largest absolute Gasteiger partial charge is 0.464 e. The number of unbranched alkanes of at least 4 members (excludes halogenated alkanes) is 4. The summed E-state index contributed by atoms with van der Waals surface area (Å²) in [5.41, 5.74) is 0. The number of carbonyl (C=O) groups excluding carboxylic acids is 1. The molecule has 0 aliphatic carbocycles. The highest BCUT2D eigenvalue weighted by molar-refractivity contribution is 5.73. The van der Waals surface area contributed by atoms with Gasteiger partial charge in [-0.1, -0.05) is 52.4 Å². The van der Waals surface area contributed by atoms with Crippen LogP contribution in [0.3, 0.4) is 0 Å². The summed E-state index contributed by atoms with van der Waals surface area (Å²) in [6.07, 6.45) is 7.41. The minimum atomic E-state index is -0.995. The Morgan fingerprint density at radius 1 is 1.12 bits per heavy atom. The van der Waals surface area contributed by atoms with Crippen molar-refractivity contribution in [3.05, 3.63) is 0 Å². The van der Waals surface area contributed by atoms with Crippen LogP contribution in [0.15, 0.2) is 0 Å². The Hall–Kier alpha value is -0.570. The number of ether oxygens (including phenoxy) is 1. The molecule has 102 valence electrons. The maximum atomic E-state index is 10.9. The smallest absolute Gasteiger partial charge is 0.334 e. The predicted octanol–water partition coefficient (Wildman–Crippen LogP) is 3.30. The van der Waals surface area contributed by atoms with E-state index in [1.807, 2.05) is 0 Å². The van der Waals surface area contributed by atoms with Gasteiger partial charge in [-0.15, -0.1) is 0 Å². The molecule has 0 amide bonds. The van der Waals surface area contributed by atoms with E-state index < -0.39 is 12.1 Å². The highest BCUT2D eigenvalue weighted by Crippen LogP contribution is 2.13. The van der Waals surface area contributed by atoms with Crippen molar-refractivity contribution in [1.29, 1.82) is 0 Å². The number of hydrogen-bond acceptors (Lipinski definition) is 3. The van der Waals surface area contributed by atoms with Crippen LogP contribution in [0.5, 0.6) is 0 Å². The molecule has 0 radical (unpaired) electrons. The first kappa shape index (κ1) is 16.4. The summed E-state index contributed by atoms with van der Waals surface area (Å²) in [6, 6.07) is 0. The van der Waals surface area contributed by atoms with Crippen LogP contribution < -0.4 is 0 Å². The van der Waals surface area contributed by atoms with Gasteiger partial charge in [0.2, 0.25) is 0 Å². The molecule has 0 aromatic carbocycles. The summed E-state index contributed by atoms with van der Waals surface area (Å²) in [6.45, 7) is 6.41. The third-order valence-electron chi connectivity index (χ3n) is 3.12. The molecule has 3 heteroatoms. The minimum Gasteiger partial charge on any atom is -0.464 e. The normalized spacial score (nSPS) is 14.4. The summed E-state index contributed by atoms with van der Waals surface area (Å²) in [5, 5.41) is 8.89. The molecule has 0 aromatic heterocycles. The van der Waals surface area contributed by atoms with Gasteiger partial charge in [0.25, 0.3) is 0 Å². The summed E-state index contributed by atoms with van der Waals surface area (Å²) in [4.78, 5) is 10.9. The highest BCUT2D eigenvalue weighted by atomic mass is 16.5. The topological polar surface area (TPSA) is 46.5 Å². The van der Waals surface area contributed by atoms with E-state index in [1.165, 1.54) is 39.0 Å². The van der Waals surface area contributed by atoms with Gasteiger partial charge in [-0.3, -0.25) is 0 Å². The SMILES string of the molecule is CC[C@H](C)CCCCCCCOC(=O)C(C)O. The van der Waals surface area contributed by atoms with Gasteiger partial charge in [-0.05, 0) is 19.3 Å². The lowest BCUT2D eigenvalue weighted by Crippen LogP contribution is -2.19. The molecule has 0 aliphatic rings. The van der Waals surface area contributed by atoms with Crippen molar-refractivity contribution in [2.75, 3.05) is 6.61 Å². The van der Waals surface area contributed by atoms with Gasteiger partial charge < -0.3 is 9.84 Å². The molecule has 0 rings (SSSR count). The number of hydrogen-bond donors (Lipinski definition) is 1. The van der Waals surface area contributed by atoms with Crippen LogP contribution in [0.2, 0.25) is 0 Å². The zero-order valence-corrected chi connectivity index (χ0v) is 11.6. The molecule has 0 aromatic rings. The number of aliphatic hydroxyl groups excluding tert-OH is 1. The molecule has 0 saturated heterocycles. The van der Waals surface area contributed by atoms with Crippen molar-refractivity contribution < 1.29 is 14.6 Å². The van der Waals surface area contributed by atoms with Crippen LogP contribution in [-0.2, 0) is 9.53 Å². The van der Waals surface area contributed by atoms with E-state index in [1.54, 1.807) is 0 Å². The number of aliphatic hydroxyl groups is 1. The van der Waals surface area contributed by atoms with Gasteiger partial charge in [0.15, 0.2) is 0 Å². The second kappa shape index (κ2) is 10.6. The fourth-order valence-corrected chi connectivity index (χ4v) is 1.62. The first-order valence-electron chi connectivity index (χ1n) is 6.92. The molecule has 0 fully saturated rings. The van der Waals surface area contributed by atoms with Gasteiger partial charge in [0.05, 0.1) is 6.61 Å². The van der Waals surface area contributed by atoms with E-state index >= 15 is 0 Å². The molecular weight excluding hydrogens is 216 g/mol. The number of esters is 1. The van der Waals surface area contributed by atoms with E-state index in [2.05, 4.69) is 13.8 Å². The van der Waals surface area contributed by atoms with Crippen molar-refractivity contribution >= 4 is 5.97 Å². The molecule has 3 nitrogen and oxygen atoms in total. The lowest BCUT2D eigenvalue weighted by atomic mass is 10.0. The van der Waals surface area contributed by atoms with Crippen LogP contribution in [0.25, 0.3) is 0 Å². The van der Waals surface area contributed by atoms with Crippen molar-refractivity contribution in [2.24, 2.45) is 5.92 Å². The Bertz CT molecular complexity index is 190. The molecule has 2 atom stereocenters. The fourth-order valence-electron chi connectivity index (χ4n) is 1.62. The molecule has 0 heterocycles. The second-order valence-electron chi connectivity index (χ2n) is 4.91. The zero-order chi connectivity index (χ0) is 13.1. The Labute approximate surface area is 106 Å². The Balaban J connectivity index is 3.16. The monoisotopic (exact) mass is 244 g/mol. The second-order valence-corrected chi connectivity index (χ2v) is 4.91. The van der Waals surface area contributed by atoms with Crippen molar-refractivity contribution in [3.63, 3.8) is 0 Å². The third kappa shape index (κ3) is 10.3. The van der Waals surface area contributed by atoms with Crippen LogP contribution in [0.1, 0.15) is 65.7 Å². The van der Waals surface area contributed by atoms with Crippen LogP contribution in [0, 0.1) is 5.92 Å². The quantitative estimate of drug-likeness (QED) is 0.474. The van der Waals surface area contributed by atoms with E-state index in [9.17, 15) is 4.79 Å². The van der Waals surface area contributed by atoms with E-state index in [-0.39, 0.29) is 0 Å². The molecule has 0 bridgehead atoms. The molecule has 1 N–H and O–H groups in total. The molecule has 17 heavy (non-hydrogen) atoms. The van der Waals surface area contributed by atoms with E-state index in [4.69, 9.17) is 9.84 Å². The van der Waals surface area contributed by atoms with E-state index in [0.717, 1.165) is 18.8 Å². The maximum absolute atomic E-state index is 10.9. The molecule has 0 spiro atoms. The average Bonchev–Trinajstić information content (AvgIpc) is 2.31. The lowest BCUT2D eigenvalue weighted by molar-refractivity contribution is -0.152. The van der Waals surface area contributed by atoms with Crippen molar-refractivity contribution in [1.82, 2.24) is 0 Å². The van der Waals surface area contributed by atoms with Gasteiger partial charge in [0.1, 0.15) is 6.10 Å². The lowest BCUT2D eigenvalue weighted by Gasteiger charge is -2.08. The van der Waals surface area contributed by atoms with Crippen LogP contribution >= 0.6 is 0 Å². The Kier molecular flexibility index (Phi) is 10.2. The van der Waals surface area contributed by atoms with E-state index in [0.29, 0.717) is 6.61 Å². The van der Waals surface area contributed by atoms with Gasteiger partial charge in [0, 0.05) is 0 Å². The molecule has 0 aliphatic heterocycles. The zero-order valence-electron chi connectivity index (χ0n) is 11.6. The maximum Gasteiger partial charge on any atom is 0.334 e. The van der Waals surface area contributed by atoms with Crippen molar-refractivity contribution in [2.45, 2.75) is 71.8 Å². The number of rotatable bonds is 10. The summed E-state index contributed by atoms with van der Waals surface area (Å²) < 4.78 is 4.88. The molecule has 1 unspecified atom stereocenters. The fraction of sp³-hybridized carbons (Fsp3) is 0.929. The van der Waals surface area contributed by atoms with Gasteiger partial charge in [-0.2, -0.15) is 0 Å².